The first kappa shape index (κ1) is 8.89. The number of rotatable bonds is 2. The van der Waals surface area contributed by atoms with Gasteiger partial charge in [0.25, 0.3) is 0 Å². The molecular weight excluding hydrogens is 202 g/mol. The summed E-state index contributed by atoms with van der Waals surface area (Å²) >= 11 is 1.19. The van der Waals surface area contributed by atoms with E-state index in [1.54, 1.807) is 30.1 Å². The van der Waals surface area contributed by atoms with Crippen molar-refractivity contribution >= 4 is 17.3 Å². The van der Waals surface area contributed by atoms with Crippen molar-refractivity contribution in [2.45, 2.75) is 0 Å². The van der Waals surface area contributed by atoms with Crippen molar-refractivity contribution in [3.05, 3.63) is 23.2 Å². The standard InChI is InChI=1S/C8H7N3O2S/c1-11-4-5(9-10-11)6-2-3-7(14-6)8(12)13/h2-4H,1H3,(H,12,13). The van der Waals surface area contributed by atoms with E-state index in [2.05, 4.69) is 10.3 Å². The highest BCUT2D eigenvalue weighted by Gasteiger charge is 2.10. The normalized spacial score (nSPS) is 10.4. The molecule has 0 fully saturated rings. The zero-order valence-electron chi connectivity index (χ0n) is 7.34. The van der Waals surface area contributed by atoms with E-state index >= 15 is 0 Å². The first-order chi connectivity index (χ1) is 6.66. The molecular formula is C8H7N3O2S. The lowest BCUT2D eigenvalue weighted by molar-refractivity contribution is 0.0702. The molecule has 0 spiro atoms. The van der Waals surface area contributed by atoms with Gasteiger partial charge in [-0.25, -0.2) is 4.79 Å². The van der Waals surface area contributed by atoms with E-state index in [-0.39, 0.29) is 0 Å². The Morgan fingerprint density at radius 2 is 2.36 bits per heavy atom. The number of aryl methyl sites for hydroxylation is 1. The molecule has 2 aromatic heterocycles. The van der Waals surface area contributed by atoms with Gasteiger partial charge in [0, 0.05) is 7.05 Å². The second-order valence-corrected chi connectivity index (χ2v) is 3.83. The average molecular weight is 209 g/mol. The summed E-state index contributed by atoms with van der Waals surface area (Å²) in [6.07, 6.45) is 1.75. The van der Waals surface area contributed by atoms with Crippen LogP contribution in [0.15, 0.2) is 18.3 Å². The van der Waals surface area contributed by atoms with E-state index in [0.717, 1.165) is 4.88 Å². The van der Waals surface area contributed by atoms with Crippen LogP contribution in [-0.2, 0) is 7.05 Å². The molecule has 0 saturated heterocycles. The lowest BCUT2D eigenvalue weighted by atomic mass is 10.3. The van der Waals surface area contributed by atoms with Crippen LogP contribution in [0.5, 0.6) is 0 Å². The van der Waals surface area contributed by atoms with Crippen LogP contribution in [0, 0.1) is 0 Å². The predicted molar refractivity (Wildman–Crippen MR) is 51.3 cm³/mol. The number of thiophene rings is 1. The van der Waals surface area contributed by atoms with Gasteiger partial charge in [0.1, 0.15) is 10.6 Å². The maximum Gasteiger partial charge on any atom is 0.345 e. The van der Waals surface area contributed by atoms with Crippen LogP contribution in [0.1, 0.15) is 9.67 Å². The fourth-order valence-electron chi connectivity index (χ4n) is 1.05. The monoisotopic (exact) mass is 209 g/mol. The summed E-state index contributed by atoms with van der Waals surface area (Å²) in [7, 11) is 1.77. The Balaban J connectivity index is 2.38. The highest BCUT2D eigenvalue weighted by Crippen LogP contribution is 2.25. The van der Waals surface area contributed by atoms with Crippen molar-refractivity contribution < 1.29 is 9.90 Å². The highest BCUT2D eigenvalue weighted by atomic mass is 32.1. The van der Waals surface area contributed by atoms with Gasteiger partial charge in [-0.05, 0) is 12.1 Å². The van der Waals surface area contributed by atoms with E-state index in [0.29, 0.717) is 10.6 Å². The topological polar surface area (TPSA) is 68.0 Å². The molecule has 0 bridgehead atoms. The fourth-order valence-corrected chi connectivity index (χ4v) is 1.85. The first-order valence-corrected chi connectivity index (χ1v) is 4.68. The van der Waals surface area contributed by atoms with Crippen LogP contribution in [0.2, 0.25) is 0 Å². The zero-order valence-corrected chi connectivity index (χ0v) is 8.15. The third kappa shape index (κ3) is 1.51. The van der Waals surface area contributed by atoms with E-state index < -0.39 is 5.97 Å². The molecule has 0 saturated carbocycles. The highest BCUT2D eigenvalue weighted by molar-refractivity contribution is 7.17. The lowest BCUT2D eigenvalue weighted by Gasteiger charge is -1.85. The Bertz CT molecular complexity index is 474. The fraction of sp³-hybridized carbons (Fsp3) is 0.125. The molecule has 0 aliphatic carbocycles. The summed E-state index contributed by atoms with van der Waals surface area (Å²) in [4.78, 5) is 11.7. The number of carboxylic acids is 1. The van der Waals surface area contributed by atoms with E-state index in [1.807, 2.05) is 0 Å². The van der Waals surface area contributed by atoms with E-state index in [9.17, 15) is 4.79 Å². The first-order valence-electron chi connectivity index (χ1n) is 3.86. The quantitative estimate of drug-likeness (QED) is 0.808. The molecule has 6 heteroatoms. The summed E-state index contributed by atoms with van der Waals surface area (Å²) in [6, 6.07) is 3.30. The van der Waals surface area contributed by atoms with Gasteiger partial charge in [-0.2, -0.15) is 0 Å². The third-order valence-corrected chi connectivity index (χ3v) is 2.77. The van der Waals surface area contributed by atoms with Crippen molar-refractivity contribution in [2.75, 3.05) is 0 Å². The SMILES string of the molecule is Cn1cc(-c2ccc(C(=O)O)s2)nn1. The summed E-state index contributed by atoms with van der Waals surface area (Å²) < 4.78 is 1.58. The van der Waals surface area contributed by atoms with Gasteiger partial charge >= 0.3 is 5.97 Å². The van der Waals surface area contributed by atoms with Crippen LogP contribution < -0.4 is 0 Å². The van der Waals surface area contributed by atoms with Gasteiger partial charge in [-0.15, -0.1) is 16.4 Å². The molecule has 0 radical (unpaired) electrons. The molecule has 0 aliphatic rings. The minimum atomic E-state index is -0.912. The van der Waals surface area contributed by atoms with Crippen LogP contribution in [0.3, 0.4) is 0 Å². The number of hydrogen-bond acceptors (Lipinski definition) is 4. The molecule has 2 heterocycles. The Morgan fingerprint density at radius 3 is 2.86 bits per heavy atom. The Morgan fingerprint density at radius 1 is 1.57 bits per heavy atom. The lowest BCUT2D eigenvalue weighted by Crippen LogP contribution is -1.89. The molecule has 14 heavy (non-hydrogen) atoms. The van der Waals surface area contributed by atoms with Crippen LogP contribution >= 0.6 is 11.3 Å². The van der Waals surface area contributed by atoms with Gasteiger partial charge in [-0.3, -0.25) is 4.68 Å². The van der Waals surface area contributed by atoms with Crippen LogP contribution in [-0.4, -0.2) is 26.1 Å². The van der Waals surface area contributed by atoms with Gasteiger partial charge in [0.15, 0.2) is 0 Å². The molecule has 5 nitrogen and oxygen atoms in total. The third-order valence-electron chi connectivity index (χ3n) is 1.67. The maximum absolute atomic E-state index is 10.6. The second kappa shape index (κ2) is 3.22. The number of carboxylic acid groups (broad SMARTS) is 1. The molecule has 2 rings (SSSR count). The van der Waals surface area contributed by atoms with Gasteiger partial charge in [0.05, 0.1) is 11.1 Å². The number of carbonyl (C=O) groups is 1. The maximum atomic E-state index is 10.6. The van der Waals surface area contributed by atoms with Crippen molar-refractivity contribution in [1.82, 2.24) is 15.0 Å². The van der Waals surface area contributed by atoms with Crippen LogP contribution in [0.4, 0.5) is 0 Å². The number of hydrogen-bond donors (Lipinski definition) is 1. The van der Waals surface area contributed by atoms with Crippen LogP contribution in [0.25, 0.3) is 10.6 Å². The smallest absolute Gasteiger partial charge is 0.345 e. The molecule has 0 atom stereocenters. The zero-order chi connectivity index (χ0) is 10.1. The van der Waals surface area contributed by atoms with Crippen molar-refractivity contribution in [3.63, 3.8) is 0 Å². The molecule has 1 N–H and O–H groups in total. The number of nitrogens with zero attached hydrogens (tertiary/aromatic N) is 3. The van der Waals surface area contributed by atoms with Crippen molar-refractivity contribution in [3.8, 4) is 10.6 Å². The van der Waals surface area contributed by atoms with Gasteiger partial charge < -0.3 is 5.11 Å². The second-order valence-electron chi connectivity index (χ2n) is 2.75. The van der Waals surface area contributed by atoms with Gasteiger partial charge in [0.2, 0.25) is 0 Å². The molecule has 0 aliphatic heterocycles. The number of aromatic nitrogens is 3. The molecule has 0 aromatic carbocycles. The van der Waals surface area contributed by atoms with Crippen molar-refractivity contribution in [2.24, 2.45) is 7.05 Å². The minimum Gasteiger partial charge on any atom is -0.477 e. The summed E-state index contributed by atoms with van der Waals surface area (Å²) in [5.41, 5.74) is 0.699. The van der Waals surface area contributed by atoms with Gasteiger partial charge in [-0.1, -0.05) is 5.21 Å². The largest absolute Gasteiger partial charge is 0.477 e. The minimum absolute atomic E-state index is 0.311. The van der Waals surface area contributed by atoms with E-state index in [4.69, 9.17) is 5.11 Å². The van der Waals surface area contributed by atoms with E-state index in [1.165, 1.54) is 11.3 Å². The summed E-state index contributed by atoms with van der Waals surface area (Å²) in [5.74, 6) is -0.912. The molecule has 72 valence electrons. The number of aromatic carboxylic acids is 1. The Kier molecular flexibility index (Phi) is 2.05. The average Bonchev–Trinajstić information content (AvgIpc) is 2.70. The molecule has 0 unspecified atom stereocenters. The molecule has 2 aromatic rings. The summed E-state index contributed by atoms with van der Waals surface area (Å²) in [5, 5.41) is 16.4. The Labute approximate surface area is 83.6 Å². The summed E-state index contributed by atoms with van der Waals surface area (Å²) in [6.45, 7) is 0. The molecule has 0 amide bonds. The van der Waals surface area contributed by atoms with Crippen molar-refractivity contribution in [1.29, 1.82) is 0 Å². The Hall–Kier alpha value is -1.69. The predicted octanol–water partition coefficient (Wildman–Crippen LogP) is 1.24.